The minimum Gasteiger partial charge on any atom is -0.480 e. The molecule has 7 N–H and O–H groups in total. The Labute approximate surface area is 357 Å². The summed E-state index contributed by atoms with van der Waals surface area (Å²) in [5.74, 6) is -5.41. The van der Waals surface area contributed by atoms with Crippen molar-refractivity contribution < 1.29 is 38.7 Å². The first-order chi connectivity index (χ1) is 29.4. The summed E-state index contributed by atoms with van der Waals surface area (Å²) >= 11 is 1.50. The Bertz CT molecular complexity index is 2230. The number of hydrogen-bond acceptors (Lipinski definition) is 8. The minimum atomic E-state index is -1.40. The number of hydrogen-bond donors (Lipinski definition) is 7. The Balaban J connectivity index is 1.36. The molecule has 3 aliphatic heterocycles. The van der Waals surface area contributed by atoms with E-state index >= 15 is 0 Å². The van der Waals surface area contributed by atoms with Crippen molar-refractivity contribution in [1.29, 1.82) is 0 Å². The van der Waals surface area contributed by atoms with E-state index in [0.717, 1.165) is 11.1 Å². The van der Waals surface area contributed by atoms with Gasteiger partial charge in [-0.05, 0) is 58.2 Å². The number of rotatable bonds is 9. The highest BCUT2D eigenvalue weighted by Gasteiger charge is 2.34. The van der Waals surface area contributed by atoms with E-state index in [9.17, 15) is 38.7 Å². The van der Waals surface area contributed by atoms with Gasteiger partial charge < -0.3 is 37.0 Å². The summed E-state index contributed by atoms with van der Waals surface area (Å²) in [4.78, 5) is 94.8. The van der Waals surface area contributed by atoms with Crippen molar-refractivity contribution in [1.82, 2.24) is 26.6 Å². The Morgan fingerprint density at radius 2 is 1.23 bits per heavy atom. The van der Waals surface area contributed by atoms with Gasteiger partial charge in [0.1, 0.15) is 30.2 Å². The molecule has 7 rings (SSSR count). The number of amides is 6. The van der Waals surface area contributed by atoms with Crippen molar-refractivity contribution in [2.24, 2.45) is 0 Å². The third-order valence-electron chi connectivity index (χ3n) is 10.3. The highest BCUT2D eigenvalue weighted by molar-refractivity contribution is 8.03. The van der Waals surface area contributed by atoms with Gasteiger partial charge in [0.25, 0.3) is 0 Å². The summed E-state index contributed by atoms with van der Waals surface area (Å²) in [6, 6.07) is 25.9. The zero-order chi connectivity index (χ0) is 43.3. The average molecular weight is 845 g/mol. The van der Waals surface area contributed by atoms with Gasteiger partial charge in [-0.15, -0.1) is 11.8 Å². The zero-order valence-corrected chi connectivity index (χ0v) is 34.3. The molecule has 0 aromatic heterocycles. The number of carbonyl (C=O) groups is 7. The van der Waals surface area contributed by atoms with Crippen LogP contribution in [-0.2, 0) is 52.8 Å². The van der Waals surface area contributed by atoms with Gasteiger partial charge in [0.05, 0.1) is 6.42 Å². The van der Waals surface area contributed by atoms with Gasteiger partial charge in [-0.2, -0.15) is 0 Å². The summed E-state index contributed by atoms with van der Waals surface area (Å²) in [5, 5.41) is 28.2. The van der Waals surface area contributed by atoms with Crippen molar-refractivity contribution in [2.45, 2.75) is 80.9 Å². The van der Waals surface area contributed by atoms with Gasteiger partial charge in [-0.25, -0.2) is 4.79 Å². The SMILES string of the molecule is CC(=O)N[C@@H]1CC(=O)N[C@H](CC2CC=CS2)C(=O)N[C@@H](Cc2ccc(-c3ccccc3)cc2)C(=O)N[C@H](Cc2ccccc2)C(=O)N[C@H](C(=O)O)Cc2ccc(cc2)NC1=O. The number of allylic oxidation sites excluding steroid dienone is 1. The summed E-state index contributed by atoms with van der Waals surface area (Å²) in [7, 11) is 0. The first-order valence-corrected chi connectivity index (χ1v) is 20.9. The molecule has 6 amide bonds. The predicted molar refractivity (Wildman–Crippen MR) is 232 cm³/mol. The highest BCUT2D eigenvalue weighted by atomic mass is 32.2. The number of aliphatic carboxylic acids is 1. The maximum absolute atomic E-state index is 14.5. The van der Waals surface area contributed by atoms with Gasteiger partial charge in [-0.1, -0.05) is 103 Å². The zero-order valence-electron chi connectivity index (χ0n) is 33.5. The number of anilines is 1. The molecule has 3 heterocycles. The smallest absolute Gasteiger partial charge is 0.326 e. The second-order valence-corrected chi connectivity index (χ2v) is 16.3. The first-order valence-electron chi connectivity index (χ1n) is 20.0. The van der Waals surface area contributed by atoms with E-state index < -0.39 is 78.0 Å². The van der Waals surface area contributed by atoms with Crippen LogP contribution >= 0.6 is 11.8 Å². The summed E-state index contributed by atoms with van der Waals surface area (Å²) in [6.07, 6.45) is 2.12. The van der Waals surface area contributed by atoms with E-state index in [2.05, 4.69) is 31.9 Å². The molecule has 0 saturated heterocycles. The molecule has 4 aromatic rings. The Hall–Kier alpha value is -6.74. The second-order valence-electron chi connectivity index (χ2n) is 15.0. The largest absolute Gasteiger partial charge is 0.480 e. The van der Waals surface area contributed by atoms with Crippen molar-refractivity contribution in [3.63, 3.8) is 0 Å². The standard InChI is InChI=1S/C46H48N6O8S/c1-28(53)47-39-27-41(54)49-38(26-35-13-8-22-61-35)45(58)51-37(24-30-14-18-33(19-15-30)32-11-6-3-7-12-32)43(56)50-36(23-29-9-4-2-5-10-29)44(57)52-40(46(59)60)25-31-16-20-34(21-17-31)48-42(39)55/h2-12,14-22,35-40H,13,23-27H2,1H3,(H,47,53)(H,48,55)(H,49,54)(H,50,56)(H,51,58)(H,52,57)(H,59,60)/t35?,36-,37+,38-,39-,40+/m1/s1. The topological polar surface area (TPSA) is 212 Å². The third kappa shape index (κ3) is 12.9. The van der Waals surface area contributed by atoms with Crippen LogP contribution in [0.2, 0.25) is 0 Å². The molecule has 0 spiro atoms. The number of carboxylic acid groups (broad SMARTS) is 1. The minimum absolute atomic E-state index is 0.00559. The number of benzene rings is 4. The predicted octanol–water partition coefficient (Wildman–Crippen LogP) is 3.66. The molecule has 1 unspecified atom stereocenters. The molecular weight excluding hydrogens is 797 g/mol. The van der Waals surface area contributed by atoms with E-state index in [1.807, 2.05) is 66.1 Å². The molecule has 3 aliphatic rings. The van der Waals surface area contributed by atoms with Crippen LogP contribution in [0, 0.1) is 0 Å². The van der Waals surface area contributed by atoms with Crippen LogP contribution in [0.25, 0.3) is 11.1 Å². The third-order valence-corrected chi connectivity index (χ3v) is 11.4. The van der Waals surface area contributed by atoms with Gasteiger partial charge in [0.15, 0.2) is 0 Å². The van der Waals surface area contributed by atoms with Gasteiger partial charge in [-0.3, -0.25) is 28.8 Å². The molecular formula is C46H48N6O8S. The summed E-state index contributed by atoms with van der Waals surface area (Å²) < 4.78 is 0. The van der Waals surface area contributed by atoms with Crippen LogP contribution in [0.3, 0.4) is 0 Å². The molecule has 2 bridgehead atoms. The molecule has 0 fully saturated rings. The lowest BCUT2D eigenvalue weighted by Gasteiger charge is -2.27. The van der Waals surface area contributed by atoms with Crippen molar-refractivity contribution >= 4 is 58.9 Å². The van der Waals surface area contributed by atoms with Crippen molar-refractivity contribution in [2.75, 3.05) is 5.32 Å². The molecule has 15 heteroatoms. The van der Waals surface area contributed by atoms with Crippen molar-refractivity contribution in [3.05, 3.63) is 137 Å². The maximum atomic E-state index is 14.5. The summed E-state index contributed by atoms with van der Waals surface area (Å²) in [6.45, 7) is 1.21. The molecule has 14 nitrogen and oxygen atoms in total. The van der Waals surface area contributed by atoms with E-state index in [1.165, 1.54) is 30.8 Å². The number of nitrogens with one attached hydrogen (secondary N) is 6. The van der Waals surface area contributed by atoms with Crippen LogP contribution in [0.1, 0.15) is 42.9 Å². The fraction of sp³-hybridized carbons (Fsp3) is 0.283. The van der Waals surface area contributed by atoms with Crippen LogP contribution in [0.4, 0.5) is 5.69 Å². The normalized spacial score (nSPS) is 22.7. The van der Waals surface area contributed by atoms with E-state index in [0.29, 0.717) is 28.8 Å². The van der Waals surface area contributed by atoms with Crippen LogP contribution in [0.5, 0.6) is 0 Å². The molecule has 316 valence electrons. The number of fused-ring (bicyclic) bond motifs is 18. The lowest BCUT2D eigenvalue weighted by atomic mass is 9.98. The Morgan fingerprint density at radius 1 is 0.656 bits per heavy atom. The van der Waals surface area contributed by atoms with E-state index in [-0.39, 0.29) is 30.9 Å². The van der Waals surface area contributed by atoms with Gasteiger partial charge >= 0.3 is 5.97 Å². The summed E-state index contributed by atoms with van der Waals surface area (Å²) in [5.41, 5.74) is 4.12. The Morgan fingerprint density at radius 3 is 1.82 bits per heavy atom. The highest BCUT2D eigenvalue weighted by Crippen LogP contribution is 2.28. The Kier molecular flexibility index (Phi) is 15.1. The maximum Gasteiger partial charge on any atom is 0.326 e. The van der Waals surface area contributed by atoms with Crippen LogP contribution in [-0.4, -0.2) is 82.0 Å². The lowest BCUT2D eigenvalue weighted by Crippen LogP contribution is -2.59. The van der Waals surface area contributed by atoms with Crippen molar-refractivity contribution in [3.8, 4) is 11.1 Å². The monoisotopic (exact) mass is 844 g/mol. The quantitative estimate of drug-likeness (QED) is 0.122. The molecule has 0 saturated carbocycles. The number of carboxylic acids is 1. The lowest BCUT2D eigenvalue weighted by molar-refractivity contribution is -0.142. The van der Waals surface area contributed by atoms with Crippen LogP contribution < -0.4 is 31.9 Å². The fourth-order valence-electron chi connectivity index (χ4n) is 7.14. The van der Waals surface area contributed by atoms with Gasteiger partial charge in [0.2, 0.25) is 35.4 Å². The number of thioether (sulfide) groups is 1. The van der Waals surface area contributed by atoms with Gasteiger partial charge in [0, 0.05) is 37.1 Å². The first kappa shape index (κ1) is 43.8. The molecule has 0 radical (unpaired) electrons. The van der Waals surface area contributed by atoms with Crippen LogP contribution in [0.15, 0.2) is 121 Å². The molecule has 4 aromatic carbocycles. The fourth-order valence-corrected chi connectivity index (χ4v) is 8.11. The molecule has 6 atom stereocenters. The van der Waals surface area contributed by atoms with E-state index in [4.69, 9.17) is 0 Å². The van der Waals surface area contributed by atoms with E-state index in [1.54, 1.807) is 42.5 Å². The molecule has 0 aliphatic carbocycles. The average Bonchev–Trinajstić information content (AvgIpc) is 3.76. The molecule has 61 heavy (non-hydrogen) atoms. The number of carbonyl (C=O) groups excluding carboxylic acids is 6. The second kappa shape index (κ2) is 21.0.